The molecule has 0 bridgehead atoms. The molecule has 2 rings (SSSR count). The number of rotatable bonds is 4. The fraction of sp³-hybridized carbons (Fsp3) is 0.462. The van der Waals surface area contributed by atoms with E-state index in [0.717, 1.165) is 18.1 Å². The number of thioether (sulfide) groups is 1. The van der Waals surface area contributed by atoms with E-state index < -0.39 is 0 Å². The molecule has 1 aromatic carbocycles. The molecule has 19 heavy (non-hydrogen) atoms. The van der Waals surface area contributed by atoms with Crippen molar-refractivity contribution >= 4 is 35.0 Å². The first-order valence-electron chi connectivity index (χ1n) is 6.13. The van der Waals surface area contributed by atoms with E-state index >= 15 is 0 Å². The van der Waals surface area contributed by atoms with Gasteiger partial charge < -0.3 is 15.4 Å². The van der Waals surface area contributed by atoms with Gasteiger partial charge >= 0.3 is 0 Å². The second kappa shape index (κ2) is 7.03. The Hall–Kier alpha value is -0.910. The molecule has 0 aromatic heterocycles. The summed E-state index contributed by atoms with van der Waals surface area (Å²) < 4.78 is 5.07. The Labute approximate surface area is 122 Å². The molecule has 1 aliphatic rings. The van der Waals surface area contributed by atoms with E-state index in [-0.39, 0.29) is 11.9 Å². The number of nitrogens with one attached hydrogen (secondary N) is 2. The number of ether oxygens (including phenoxy) is 1. The summed E-state index contributed by atoms with van der Waals surface area (Å²) in [5, 5.41) is 6.68. The van der Waals surface area contributed by atoms with Crippen LogP contribution in [0.2, 0.25) is 5.02 Å². The van der Waals surface area contributed by atoms with Crippen molar-refractivity contribution < 1.29 is 9.53 Å². The summed E-state index contributed by atoms with van der Waals surface area (Å²) in [5.41, 5.74) is 0.694. The zero-order chi connectivity index (χ0) is 13.7. The molecule has 1 aliphatic heterocycles. The van der Waals surface area contributed by atoms with E-state index in [1.165, 1.54) is 0 Å². The predicted octanol–water partition coefficient (Wildman–Crippen LogP) is 2.38. The number of benzene rings is 1. The van der Waals surface area contributed by atoms with Crippen LogP contribution in [0.3, 0.4) is 0 Å². The summed E-state index contributed by atoms with van der Waals surface area (Å²) in [7, 11) is 1.56. The fourth-order valence-corrected chi connectivity index (χ4v) is 3.14. The summed E-state index contributed by atoms with van der Waals surface area (Å²) in [6.07, 6.45) is 0.483. The molecule has 2 N–H and O–H groups in total. The Morgan fingerprint density at radius 3 is 3.11 bits per heavy atom. The van der Waals surface area contributed by atoms with E-state index in [1.54, 1.807) is 25.3 Å². The summed E-state index contributed by atoms with van der Waals surface area (Å²) in [4.78, 5) is 11.9. The summed E-state index contributed by atoms with van der Waals surface area (Å²) >= 11 is 7.89. The van der Waals surface area contributed by atoms with Crippen molar-refractivity contribution in [3.8, 4) is 5.75 Å². The number of methoxy groups -OCH3 is 1. The first kappa shape index (κ1) is 14.5. The second-order valence-corrected chi connectivity index (χ2v) is 5.88. The lowest BCUT2D eigenvalue weighted by atomic mass is 10.2. The van der Waals surface area contributed by atoms with Crippen LogP contribution in [0, 0.1) is 0 Å². The van der Waals surface area contributed by atoms with Gasteiger partial charge in [0.15, 0.2) is 0 Å². The molecule has 1 atom stereocenters. The van der Waals surface area contributed by atoms with Crippen LogP contribution in [0.1, 0.15) is 6.42 Å². The van der Waals surface area contributed by atoms with Gasteiger partial charge in [0.1, 0.15) is 5.75 Å². The predicted molar refractivity (Wildman–Crippen MR) is 80.4 cm³/mol. The number of anilines is 1. The number of amides is 1. The first-order chi connectivity index (χ1) is 9.19. The number of hydrogen-bond donors (Lipinski definition) is 2. The van der Waals surface area contributed by atoms with Gasteiger partial charge in [-0.05, 0) is 18.2 Å². The van der Waals surface area contributed by atoms with Crippen molar-refractivity contribution in [1.82, 2.24) is 5.32 Å². The fourth-order valence-electron chi connectivity index (χ4n) is 1.93. The molecule has 1 saturated heterocycles. The van der Waals surface area contributed by atoms with E-state index in [9.17, 15) is 4.79 Å². The van der Waals surface area contributed by atoms with Crippen molar-refractivity contribution in [2.24, 2.45) is 0 Å². The molecule has 6 heteroatoms. The highest BCUT2D eigenvalue weighted by atomic mass is 35.5. The van der Waals surface area contributed by atoms with Gasteiger partial charge in [0.25, 0.3) is 0 Å². The highest BCUT2D eigenvalue weighted by molar-refractivity contribution is 7.99. The van der Waals surface area contributed by atoms with Crippen molar-refractivity contribution in [2.75, 3.05) is 30.5 Å². The monoisotopic (exact) mass is 300 g/mol. The molecule has 1 fully saturated rings. The standard InChI is InChI=1S/C13H17ClN2O2S/c1-18-12-3-2-9(6-11(12)14)16-13(17)7-10-8-19-5-4-15-10/h2-3,6,10,15H,4-5,7-8H2,1H3,(H,16,17). The van der Waals surface area contributed by atoms with Crippen molar-refractivity contribution in [3.63, 3.8) is 0 Å². The van der Waals surface area contributed by atoms with Gasteiger partial charge in [0.05, 0.1) is 12.1 Å². The van der Waals surface area contributed by atoms with Crippen LogP contribution in [-0.4, -0.2) is 37.1 Å². The average molecular weight is 301 g/mol. The largest absolute Gasteiger partial charge is 0.495 e. The number of halogens is 1. The van der Waals surface area contributed by atoms with Crippen LogP contribution in [0.5, 0.6) is 5.75 Å². The lowest BCUT2D eigenvalue weighted by Gasteiger charge is -2.22. The molecule has 0 aliphatic carbocycles. The zero-order valence-corrected chi connectivity index (χ0v) is 12.3. The molecule has 0 spiro atoms. The van der Waals surface area contributed by atoms with E-state index in [1.807, 2.05) is 11.8 Å². The first-order valence-corrected chi connectivity index (χ1v) is 7.67. The summed E-state index contributed by atoms with van der Waals surface area (Å²) in [6.45, 7) is 0.969. The third kappa shape index (κ3) is 4.30. The number of carbonyl (C=O) groups excluding carboxylic acids is 1. The van der Waals surface area contributed by atoms with Crippen LogP contribution >= 0.6 is 23.4 Å². The molecule has 0 radical (unpaired) electrons. The van der Waals surface area contributed by atoms with Crippen LogP contribution in [-0.2, 0) is 4.79 Å². The van der Waals surface area contributed by atoms with Crippen LogP contribution in [0.15, 0.2) is 18.2 Å². The maximum absolute atomic E-state index is 11.9. The maximum atomic E-state index is 11.9. The lowest BCUT2D eigenvalue weighted by Crippen LogP contribution is -2.39. The van der Waals surface area contributed by atoms with E-state index in [0.29, 0.717) is 22.9 Å². The highest BCUT2D eigenvalue weighted by Gasteiger charge is 2.16. The normalized spacial score (nSPS) is 18.9. The maximum Gasteiger partial charge on any atom is 0.225 e. The van der Waals surface area contributed by atoms with Gasteiger partial charge in [0.2, 0.25) is 5.91 Å². The van der Waals surface area contributed by atoms with Crippen molar-refractivity contribution in [2.45, 2.75) is 12.5 Å². The molecule has 1 aromatic rings. The van der Waals surface area contributed by atoms with Gasteiger partial charge in [-0.2, -0.15) is 11.8 Å². The van der Waals surface area contributed by atoms with Crippen molar-refractivity contribution in [1.29, 1.82) is 0 Å². The Bertz CT molecular complexity index is 450. The van der Waals surface area contributed by atoms with Crippen molar-refractivity contribution in [3.05, 3.63) is 23.2 Å². The minimum atomic E-state index is 0.00114. The summed E-state index contributed by atoms with van der Waals surface area (Å²) in [5.74, 6) is 2.70. The smallest absolute Gasteiger partial charge is 0.225 e. The molecule has 1 unspecified atom stereocenters. The second-order valence-electron chi connectivity index (χ2n) is 4.33. The average Bonchev–Trinajstić information content (AvgIpc) is 2.40. The van der Waals surface area contributed by atoms with Gasteiger partial charge in [-0.1, -0.05) is 11.6 Å². The third-order valence-electron chi connectivity index (χ3n) is 2.87. The molecule has 1 amide bonds. The molecule has 0 saturated carbocycles. The minimum Gasteiger partial charge on any atom is -0.495 e. The molecule has 1 heterocycles. The Kier molecular flexibility index (Phi) is 5.36. The quantitative estimate of drug-likeness (QED) is 0.896. The van der Waals surface area contributed by atoms with Crippen LogP contribution < -0.4 is 15.4 Å². The minimum absolute atomic E-state index is 0.00114. The number of carbonyl (C=O) groups is 1. The SMILES string of the molecule is COc1ccc(NC(=O)CC2CSCCN2)cc1Cl. The topological polar surface area (TPSA) is 50.4 Å². The van der Waals surface area contributed by atoms with Gasteiger partial charge in [-0.25, -0.2) is 0 Å². The number of hydrogen-bond acceptors (Lipinski definition) is 4. The molecule has 104 valence electrons. The highest BCUT2D eigenvalue weighted by Crippen LogP contribution is 2.27. The molecular formula is C13H17ClN2O2S. The van der Waals surface area contributed by atoms with Crippen LogP contribution in [0.4, 0.5) is 5.69 Å². The molecule has 4 nitrogen and oxygen atoms in total. The van der Waals surface area contributed by atoms with Gasteiger partial charge in [-0.15, -0.1) is 0 Å². The Balaban J connectivity index is 1.89. The van der Waals surface area contributed by atoms with E-state index in [4.69, 9.17) is 16.3 Å². The zero-order valence-electron chi connectivity index (χ0n) is 10.7. The summed E-state index contributed by atoms with van der Waals surface area (Å²) in [6, 6.07) is 5.48. The Morgan fingerprint density at radius 2 is 2.47 bits per heavy atom. The van der Waals surface area contributed by atoms with E-state index in [2.05, 4.69) is 10.6 Å². The van der Waals surface area contributed by atoms with Crippen LogP contribution in [0.25, 0.3) is 0 Å². The van der Waals surface area contributed by atoms with Gasteiger partial charge in [0, 0.05) is 36.2 Å². The Morgan fingerprint density at radius 1 is 1.63 bits per heavy atom. The third-order valence-corrected chi connectivity index (χ3v) is 4.29. The van der Waals surface area contributed by atoms with Gasteiger partial charge in [-0.3, -0.25) is 4.79 Å². The molecular weight excluding hydrogens is 284 g/mol. The lowest BCUT2D eigenvalue weighted by molar-refractivity contribution is -0.116.